The highest BCUT2D eigenvalue weighted by molar-refractivity contribution is 6.34. The molecule has 1 aromatic heterocycles. The summed E-state index contributed by atoms with van der Waals surface area (Å²) in [4.78, 5) is 26.9. The molecule has 1 amide bonds. The van der Waals surface area contributed by atoms with Crippen LogP contribution in [0.25, 0.3) is 16.5 Å². The summed E-state index contributed by atoms with van der Waals surface area (Å²) in [7, 11) is 2.92. The number of fused-ring (bicyclic) bond motifs is 1. The van der Waals surface area contributed by atoms with E-state index in [4.69, 9.17) is 25.8 Å². The van der Waals surface area contributed by atoms with Gasteiger partial charge >= 0.3 is 0 Å². The zero-order chi connectivity index (χ0) is 25.1. The first-order chi connectivity index (χ1) is 16.9. The summed E-state index contributed by atoms with van der Waals surface area (Å²) in [5.41, 5.74) is 0.575. The Morgan fingerprint density at radius 2 is 1.66 bits per heavy atom. The summed E-state index contributed by atoms with van der Waals surface area (Å²) >= 11 is 6.10. The molecule has 0 bridgehead atoms. The molecule has 4 aromatic rings. The van der Waals surface area contributed by atoms with E-state index in [0.29, 0.717) is 34.9 Å². The Balaban J connectivity index is 1.92. The molecule has 0 aliphatic heterocycles. The number of methoxy groups -OCH3 is 2. The van der Waals surface area contributed by atoms with Gasteiger partial charge in [0.15, 0.2) is 11.5 Å². The fraction of sp³-hybridized carbons (Fsp3) is 0.154. The number of hydrogen-bond donors (Lipinski definition) is 1. The molecule has 0 fully saturated rings. The third-order valence-corrected chi connectivity index (χ3v) is 5.68. The van der Waals surface area contributed by atoms with Crippen LogP contribution in [-0.2, 0) is 0 Å². The molecule has 0 aliphatic carbocycles. The predicted octanol–water partition coefficient (Wildman–Crippen LogP) is 5.45. The van der Waals surface area contributed by atoms with Gasteiger partial charge in [0.1, 0.15) is 11.6 Å². The van der Waals surface area contributed by atoms with Crippen molar-refractivity contribution in [2.75, 3.05) is 26.1 Å². The molecule has 0 aliphatic rings. The van der Waals surface area contributed by atoms with Crippen LogP contribution in [0.15, 0.2) is 65.6 Å². The summed E-state index contributed by atoms with van der Waals surface area (Å²) < 4.78 is 31.1. The summed E-state index contributed by atoms with van der Waals surface area (Å²) in [5, 5.41) is 3.33. The molecule has 9 heteroatoms. The lowest BCUT2D eigenvalue weighted by Crippen LogP contribution is -2.23. The molecule has 180 valence electrons. The first-order valence-electron chi connectivity index (χ1n) is 10.7. The SMILES string of the molecule is CCOc1ccc(-n2cc(C(=O)Nc3ccc(F)cc3Cl)c3cc(OC)c(OC)cc3c2=O)cc1. The van der Waals surface area contributed by atoms with E-state index in [1.165, 1.54) is 43.2 Å². The average Bonchev–Trinajstić information content (AvgIpc) is 2.86. The van der Waals surface area contributed by atoms with Crippen molar-refractivity contribution in [3.05, 3.63) is 87.6 Å². The lowest BCUT2D eigenvalue weighted by molar-refractivity contribution is 0.102. The molecule has 7 nitrogen and oxygen atoms in total. The fourth-order valence-electron chi connectivity index (χ4n) is 3.69. The number of nitrogens with zero attached hydrogens (tertiary/aromatic N) is 1. The molecule has 35 heavy (non-hydrogen) atoms. The van der Waals surface area contributed by atoms with Crippen molar-refractivity contribution in [3.63, 3.8) is 0 Å². The van der Waals surface area contributed by atoms with Gasteiger partial charge in [0.25, 0.3) is 11.5 Å². The van der Waals surface area contributed by atoms with Crippen LogP contribution in [0, 0.1) is 5.82 Å². The second-order valence-corrected chi connectivity index (χ2v) is 7.88. The molecule has 1 heterocycles. The average molecular weight is 497 g/mol. The third-order valence-electron chi connectivity index (χ3n) is 5.37. The Morgan fingerprint density at radius 1 is 1.00 bits per heavy atom. The standard InChI is InChI=1S/C26H22ClFN2O5/c1-4-35-17-8-6-16(7-9-17)30-14-20(25(31)29-22-10-5-15(28)11-21(22)27)18-12-23(33-2)24(34-3)13-19(18)26(30)32/h5-14H,4H2,1-3H3,(H,29,31). The number of benzene rings is 3. The van der Waals surface area contributed by atoms with Gasteiger partial charge in [-0.25, -0.2) is 4.39 Å². The summed E-state index contributed by atoms with van der Waals surface area (Å²) in [5.74, 6) is 0.275. The minimum atomic E-state index is -0.546. The van der Waals surface area contributed by atoms with E-state index in [1.54, 1.807) is 30.3 Å². The Bertz CT molecular complexity index is 1470. The lowest BCUT2D eigenvalue weighted by Gasteiger charge is -2.16. The van der Waals surface area contributed by atoms with Crippen LogP contribution in [0.1, 0.15) is 17.3 Å². The summed E-state index contributed by atoms with van der Waals surface area (Å²) in [6, 6.07) is 13.7. The van der Waals surface area contributed by atoms with E-state index in [0.717, 1.165) is 6.07 Å². The minimum Gasteiger partial charge on any atom is -0.494 e. The number of anilines is 1. The highest BCUT2D eigenvalue weighted by Gasteiger charge is 2.20. The van der Waals surface area contributed by atoms with E-state index >= 15 is 0 Å². The van der Waals surface area contributed by atoms with E-state index in [9.17, 15) is 14.0 Å². The van der Waals surface area contributed by atoms with E-state index < -0.39 is 11.7 Å². The normalized spacial score (nSPS) is 10.8. The number of pyridine rings is 1. The maximum absolute atomic E-state index is 13.5. The van der Waals surface area contributed by atoms with Crippen molar-refractivity contribution in [2.24, 2.45) is 0 Å². The van der Waals surface area contributed by atoms with Gasteiger partial charge in [-0.05, 0) is 61.5 Å². The van der Waals surface area contributed by atoms with Crippen molar-refractivity contribution >= 4 is 34.0 Å². The lowest BCUT2D eigenvalue weighted by atomic mass is 10.0. The van der Waals surface area contributed by atoms with Gasteiger partial charge in [0.2, 0.25) is 0 Å². The largest absolute Gasteiger partial charge is 0.494 e. The first kappa shape index (κ1) is 24.1. The second kappa shape index (κ2) is 10.1. The highest BCUT2D eigenvalue weighted by Crippen LogP contribution is 2.33. The molecule has 0 radical (unpaired) electrons. The van der Waals surface area contributed by atoms with Crippen molar-refractivity contribution in [3.8, 4) is 22.9 Å². The third kappa shape index (κ3) is 4.79. The first-order valence-corrected chi connectivity index (χ1v) is 11.0. The van der Waals surface area contributed by atoms with Gasteiger partial charge in [-0.1, -0.05) is 11.6 Å². The number of ether oxygens (including phenoxy) is 3. The van der Waals surface area contributed by atoms with Crippen LogP contribution >= 0.6 is 11.6 Å². The zero-order valence-electron chi connectivity index (χ0n) is 19.2. The Morgan fingerprint density at radius 3 is 2.26 bits per heavy atom. The van der Waals surface area contributed by atoms with Gasteiger partial charge in [-0.2, -0.15) is 0 Å². The van der Waals surface area contributed by atoms with Crippen LogP contribution in [0.2, 0.25) is 5.02 Å². The molecule has 0 saturated heterocycles. The molecule has 0 saturated carbocycles. The Kier molecular flexibility index (Phi) is 6.93. The second-order valence-electron chi connectivity index (χ2n) is 7.48. The maximum atomic E-state index is 13.5. The molecule has 1 N–H and O–H groups in total. The van der Waals surface area contributed by atoms with E-state index in [1.807, 2.05) is 6.92 Å². The van der Waals surface area contributed by atoms with Crippen molar-refractivity contribution in [2.45, 2.75) is 6.92 Å². The predicted molar refractivity (Wildman–Crippen MR) is 133 cm³/mol. The Hall–Kier alpha value is -4.04. The van der Waals surface area contributed by atoms with E-state index in [2.05, 4.69) is 5.32 Å². The van der Waals surface area contributed by atoms with Crippen LogP contribution < -0.4 is 25.1 Å². The molecule has 0 spiro atoms. The number of nitrogens with one attached hydrogen (secondary N) is 1. The molecular weight excluding hydrogens is 475 g/mol. The van der Waals surface area contributed by atoms with Gasteiger partial charge < -0.3 is 19.5 Å². The van der Waals surface area contributed by atoms with Gasteiger partial charge in [0.05, 0.1) is 42.5 Å². The maximum Gasteiger partial charge on any atom is 0.263 e. The van der Waals surface area contributed by atoms with Crippen molar-refractivity contribution in [1.29, 1.82) is 0 Å². The van der Waals surface area contributed by atoms with Gasteiger partial charge in [-0.3, -0.25) is 14.2 Å². The summed E-state index contributed by atoms with van der Waals surface area (Å²) in [6.07, 6.45) is 1.44. The zero-order valence-corrected chi connectivity index (χ0v) is 20.0. The number of amides is 1. The topological polar surface area (TPSA) is 78.8 Å². The van der Waals surface area contributed by atoms with Gasteiger partial charge in [0, 0.05) is 17.3 Å². The fourth-order valence-corrected chi connectivity index (χ4v) is 3.90. The highest BCUT2D eigenvalue weighted by atomic mass is 35.5. The number of aromatic nitrogens is 1. The Labute approximate surface area is 205 Å². The molecular formula is C26H22ClFN2O5. The van der Waals surface area contributed by atoms with E-state index in [-0.39, 0.29) is 27.2 Å². The molecule has 0 atom stereocenters. The number of carbonyl (C=O) groups excluding carboxylic acids is 1. The minimum absolute atomic E-state index is 0.0433. The molecule has 0 unspecified atom stereocenters. The smallest absolute Gasteiger partial charge is 0.263 e. The molecule has 4 rings (SSSR count). The van der Waals surface area contributed by atoms with Crippen LogP contribution in [0.5, 0.6) is 17.2 Å². The quantitative estimate of drug-likeness (QED) is 0.368. The number of hydrogen-bond acceptors (Lipinski definition) is 5. The van der Waals surface area contributed by atoms with Gasteiger partial charge in [-0.15, -0.1) is 0 Å². The van der Waals surface area contributed by atoms with Crippen LogP contribution in [0.4, 0.5) is 10.1 Å². The summed E-state index contributed by atoms with van der Waals surface area (Å²) in [6.45, 7) is 2.38. The van der Waals surface area contributed by atoms with Crippen molar-refractivity contribution in [1.82, 2.24) is 4.57 Å². The number of halogens is 2. The molecule has 3 aromatic carbocycles. The van der Waals surface area contributed by atoms with Crippen LogP contribution in [-0.4, -0.2) is 31.3 Å². The number of rotatable bonds is 7. The monoisotopic (exact) mass is 496 g/mol. The number of carbonyl (C=O) groups is 1. The van der Waals surface area contributed by atoms with Crippen molar-refractivity contribution < 1.29 is 23.4 Å². The van der Waals surface area contributed by atoms with Crippen LogP contribution in [0.3, 0.4) is 0 Å².